The largest absolute Gasteiger partial charge is 0.379 e. The summed E-state index contributed by atoms with van der Waals surface area (Å²) in [4.78, 5) is 15.3. The monoisotopic (exact) mass is 347 g/mol. The molecule has 3 N–H and O–H groups in total. The highest BCUT2D eigenvalue weighted by Gasteiger charge is 2.39. The van der Waals surface area contributed by atoms with Crippen molar-refractivity contribution in [2.75, 3.05) is 39.4 Å². The van der Waals surface area contributed by atoms with Crippen LogP contribution in [0.4, 0.5) is 0 Å². The van der Waals surface area contributed by atoms with Crippen LogP contribution >= 0.6 is 0 Å². The molecule has 1 saturated heterocycles. The number of morpholine rings is 1. The Bertz CT molecular complexity index is 603. The summed E-state index contributed by atoms with van der Waals surface area (Å²) in [5.74, 6) is -0.0300. The summed E-state index contributed by atoms with van der Waals surface area (Å²) in [5, 5.41) is 13.8. The predicted octanol–water partition coefficient (Wildman–Crippen LogP) is 0.820. The second-order valence-electron chi connectivity index (χ2n) is 7.52. The van der Waals surface area contributed by atoms with Crippen LogP contribution in [0.25, 0.3) is 0 Å². The number of nitrogens with zero attached hydrogens (tertiary/aromatic N) is 2. The molecule has 0 bridgehead atoms. The van der Waals surface area contributed by atoms with Crippen LogP contribution in [-0.2, 0) is 17.7 Å². The van der Waals surface area contributed by atoms with Gasteiger partial charge in [0.1, 0.15) is 0 Å². The van der Waals surface area contributed by atoms with Gasteiger partial charge >= 0.3 is 0 Å². The molecule has 7 nitrogen and oxygen atoms in total. The van der Waals surface area contributed by atoms with Crippen LogP contribution in [-0.4, -0.2) is 65.9 Å². The van der Waals surface area contributed by atoms with Crippen molar-refractivity contribution < 1.29 is 9.53 Å². The SMILES string of the molecule is O=C(NCC1(N2CCOCC2)CCCCC1)c1n[nH]c2c1CCNC2. The fraction of sp³-hybridized carbons (Fsp3) is 0.778. The zero-order valence-electron chi connectivity index (χ0n) is 14.9. The number of carbonyl (C=O) groups is 1. The van der Waals surface area contributed by atoms with Crippen LogP contribution in [0.1, 0.15) is 53.8 Å². The Morgan fingerprint density at radius 2 is 2.04 bits per heavy atom. The van der Waals surface area contributed by atoms with Crippen molar-refractivity contribution in [1.82, 2.24) is 25.7 Å². The van der Waals surface area contributed by atoms with E-state index in [0.29, 0.717) is 12.2 Å². The van der Waals surface area contributed by atoms with E-state index in [2.05, 4.69) is 25.7 Å². The van der Waals surface area contributed by atoms with Crippen LogP contribution in [0, 0.1) is 0 Å². The Balaban J connectivity index is 1.45. The third kappa shape index (κ3) is 3.45. The van der Waals surface area contributed by atoms with Gasteiger partial charge in [-0.3, -0.25) is 14.8 Å². The maximum Gasteiger partial charge on any atom is 0.272 e. The fourth-order valence-electron chi connectivity index (χ4n) is 4.61. The molecule has 1 amide bonds. The summed E-state index contributed by atoms with van der Waals surface area (Å²) < 4.78 is 5.53. The molecule has 2 aliphatic heterocycles. The summed E-state index contributed by atoms with van der Waals surface area (Å²) in [7, 11) is 0. The van der Waals surface area contributed by atoms with Gasteiger partial charge in [0.15, 0.2) is 5.69 Å². The number of amides is 1. The molecule has 1 aliphatic carbocycles. The predicted molar refractivity (Wildman–Crippen MR) is 94.5 cm³/mol. The van der Waals surface area contributed by atoms with E-state index in [0.717, 1.165) is 69.9 Å². The number of fused-ring (bicyclic) bond motifs is 1. The maximum atomic E-state index is 12.8. The standard InChI is InChI=1S/C18H29N5O2/c24-17(16-14-4-7-19-12-15(14)21-22-16)20-13-18(5-2-1-3-6-18)23-8-10-25-11-9-23/h19H,1-13H2,(H,20,24)(H,21,22). The second-order valence-corrected chi connectivity index (χ2v) is 7.52. The van der Waals surface area contributed by atoms with Crippen LogP contribution in [0.15, 0.2) is 0 Å². The van der Waals surface area contributed by atoms with Gasteiger partial charge in [-0.2, -0.15) is 5.10 Å². The summed E-state index contributed by atoms with van der Waals surface area (Å²) >= 11 is 0. The number of ether oxygens (including phenoxy) is 1. The average molecular weight is 347 g/mol. The molecule has 0 atom stereocenters. The van der Waals surface area contributed by atoms with Crippen LogP contribution in [0.3, 0.4) is 0 Å². The molecule has 1 saturated carbocycles. The van der Waals surface area contributed by atoms with Crippen molar-refractivity contribution in [2.45, 2.75) is 50.6 Å². The summed E-state index contributed by atoms with van der Waals surface area (Å²) in [6.45, 7) is 5.94. The molecule has 138 valence electrons. The van der Waals surface area contributed by atoms with Gasteiger partial charge < -0.3 is 15.4 Å². The van der Waals surface area contributed by atoms with E-state index in [1.54, 1.807) is 0 Å². The molecule has 1 aromatic heterocycles. The molecule has 1 aromatic rings. The number of carbonyl (C=O) groups excluding carboxylic acids is 1. The van der Waals surface area contributed by atoms with Crippen molar-refractivity contribution in [3.05, 3.63) is 17.0 Å². The Morgan fingerprint density at radius 3 is 2.84 bits per heavy atom. The molecule has 3 heterocycles. The second kappa shape index (κ2) is 7.43. The first-order chi connectivity index (χ1) is 12.3. The lowest BCUT2D eigenvalue weighted by molar-refractivity contribution is -0.0361. The van der Waals surface area contributed by atoms with Crippen LogP contribution in [0.2, 0.25) is 0 Å². The smallest absolute Gasteiger partial charge is 0.272 e. The highest BCUT2D eigenvalue weighted by molar-refractivity contribution is 5.94. The van der Waals surface area contributed by atoms with Gasteiger partial charge in [-0.25, -0.2) is 0 Å². The molecule has 3 aliphatic rings. The minimum Gasteiger partial charge on any atom is -0.379 e. The van der Waals surface area contributed by atoms with E-state index in [1.807, 2.05) is 0 Å². The summed E-state index contributed by atoms with van der Waals surface area (Å²) in [6, 6.07) is 0. The molecule has 0 spiro atoms. The van der Waals surface area contributed by atoms with Crippen molar-refractivity contribution >= 4 is 5.91 Å². The molecule has 25 heavy (non-hydrogen) atoms. The topological polar surface area (TPSA) is 82.3 Å². The van der Waals surface area contributed by atoms with Gasteiger partial charge in [0.05, 0.1) is 18.9 Å². The zero-order valence-corrected chi connectivity index (χ0v) is 14.9. The normalized spacial score (nSPS) is 23.8. The lowest BCUT2D eigenvalue weighted by Gasteiger charge is -2.48. The van der Waals surface area contributed by atoms with E-state index in [4.69, 9.17) is 4.74 Å². The highest BCUT2D eigenvalue weighted by atomic mass is 16.5. The number of hydrogen-bond acceptors (Lipinski definition) is 5. The number of nitrogens with one attached hydrogen (secondary N) is 3. The van der Waals surface area contributed by atoms with E-state index in [1.165, 1.54) is 19.3 Å². The average Bonchev–Trinajstić information content (AvgIpc) is 3.12. The van der Waals surface area contributed by atoms with Crippen molar-refractivity contribution in [2.24, 2.45) is 0 Å². The third-order valence-corrected chi connectivity index (χ3v) is 6.07. The number of aromatic amines is 1. The van der Waals surface area contributed by atoms with E-state index < -0.39 is 0 Å². The van der Waals surface area contributed by atoms with E-state index >= 15 is 0 Å². The number of rotatable bonds is 4. The third-order valence-electron chi connectivity index (χ3n) is 6.07. The quantitative estimate of drug-likeness (QED) is 0.751. The van der Waals surface area contributed by atoms with Gasteiger partial charge in [0.2, 0.25) is 0 Å². The van der Waals surface area contributed by atoms with Gasteiger partial charge in [-0.05, 0) is 25.8 Å². The number of aromatic nitrogens is 2. The molecule has 7 heteroatoms. The van der Waals surface area contributed by atoms with Gasteiger partial charge in [0.25, 0.3) is 5.91 Å². The van der Waals surface area contributed by atoms with Crippen molar-refractivity contribution in [1.29, 1.82) is 0 Å². The van der Waals surface area contributed by atoms with Gasteiger partial charge in [-0.15, -0.1) is 0 Å². The lowest BCUT2D eigenvalue weighted by Crippen LogP contribution is -2.59. The van der Waals surface area contributed by atoms with Crippen LogP contribution in [0.5, 0.6) is 0 Å². The molecular formula is C18H29N5O2. The molecular weight excluding hydrogens is 318 g/mol. The molecule has 0 radical (unpaired) electrons. The minimum absolute atomic E-state index is 0.0300. The number of H-pyrrole nitrogens is 1. The molecule has 0 aromatic carbocycles. The van der Waals surface area contributed by atoms with E-state index in [9.17, 15) is 4.79 Å². The first-order valence-electron chi connectivity index (χ1n) is 9.66. The van der Waals surface area contributed by atoms with Gasteiger partial charge in [-0.1, -0.05) is 19.3 Å². The van der Waals surface area contributed by atoms with E-state index in [-0.39, 0.29) is 11.4 Å². The Hall–Kier alpha value is -1.44. The summed E-state index contributed by atoms with van der Waals surface area (Å²) in [5.41, 5.74) is 2.82. The Morgan fingerprint density at radius 1 is 1.24 bits per heavy atom. The first kappa shape index (κ1) is 17.0. The van der Waals surface area contributed by atoms with Gasteiger partial charge in [0, 0.05) is 37.3 Å². The van der Waals surface area contributed by atoms with Crippen molar-refractivity contribution in [3.8, 4) is 0 Å². The highest BCUT2D eigenvalue weighted by Crippen LogP contribution is 2.34. The Labute approximate surface area is 148 Å². The molecule has 2 fully saturated rings. The fourth-order valence-corrected chi connectivity index (χ4v) is 4.61. The van der Waals surface area contributed by atoms with Crippen LogP contribution < -0.4 is 10.6 Å². The van der Waals surface area contributed by atoms with Crippen molar-refractivity contribution in [3.63, 3.8) is 0 Å². The first-order valence-corrected chi connectivity index (χ1v) is 9.66. The lowest BCUT2D eigenvalue weighted by atomic mass is 9.79. The summed E-state index contributed by atoms with van der Waals surface area (Å²) in [6.07, 6.45) is 6.99. The molecule has 0 unspecified atom stereocenters. The maximum absolute atomic E-state index is 12.8. The Kier molecular flexibility index (Phi) is 5.05. The minimum atomic E-state index is -0.0300. The molecule has 4 rings (SSSR count). The zero-order chi connectivity index (χ0) is 17.1. The number of hydrogen-bond donors (Lipinski definition) is 3.